The zero-order chi connectivity index (χ0) is 23.3. The molecule has 0 radical (unpaired) electrons. The predicted octanol–water partition coefficient (Wildman–Crippen LogP) is 3.96. The molecule has 4 aromatic rings. The van der Waals surface area contributed by atoms with Crippen LogP contribution in [0.5, 0.6) is 5.75 Å². The number of aromatic nitrogens is 3. The van der Waals surface area contributed by atoms with Gasteiger partial charge in [-0.1, -0.05) is 36.4 Å². The Morgan fingerprint density at radius 3 is 2.32 bits per heavy atom. The molecule has 0 N–H and O–H groups in total. The first-order valence-electron chi connectivity index (χ1n) is 11.4. The summed E-state index contributed by atoms with van der Waals surface area (Å²) in [6.07, 6.45) is 3.68. The third kappa shape index (κ3) is 4.64. The van der Waals surface area contributed by atoms with E-state index < -0.39 is 0 Å². The second kappa shape index (κ2) is 9.79. The van der Waals surface area contributed by atoms with Gasteiger partial charge in [0.1, 0.15) is 17.3 Å². The van der Waals surface area contributed by atoms with Crippen molar-refractivity contribution in [1.82, 2.24) is 19.7 Å². The summed E-state index contributed by atoms with van der Waals surface area (Å²) < 4.78 is 7.15. The Morgan fingerprint density at radius 1 is 0.912 bits per heavy atom. The van der Waals surface area contributed by atoms with Gasteiger partial charge in [0.05, 0.1) is 19.2 Å². The van der Waals surface area contributed by atoms with E-state index >= 15 is 0 Å². The van der Waals surface area contributed by atoms with Crippen molar-refractivity contribution in [3.63, 3.8) is 0 Å². The van der Waals surface area contributed by atoms with Gasteiger partial charge in [0.2, 0.25) is 0 Å². The minimum atomic E-state index is 0.00537. The number of ether oxygens (including phenoxy) is 1. The van der Waals surface area contributed by atoms with E-state index in [1.165, 1.54) is 0 Å². The molecule has 1 aliphatic rings. The predicted molar refractivity (Wildman–Crippen MR) is 132 cm³/mol. The number of rotatable bonds is 6. The number of carbonyl (C=O) groups is 1. The normalized spacial score (nSPS) is 13.7. The van der Waals surface area contributed by atoms with E-state index in [0.717, 1.165) is 35.8 Å². The zero-order valence-corrected chi connectivity index (χ0v) is 19.2. The molecule has 0 spiro atoms. The molecule has 0 bridgehead atoms. The number of carbonyl (C=O) groups excluding carboxylic acids is 1. The van der Waals surface area contributed by atoms with Crippen LogP contribution in [0.4, 0.5) is 5.82 Å². The number of hydrogen-bond donors (Lipinski definition) is 0. The van der Waals surface area contributed by atoms with Gasteiger partial charge in [-0.15, -0.1) is 0 Å². The Balaban J connectivity index is 1.40. The van der Waals surface area contributed by atoms with Gasteiger partial charge >= 0.3 is 0 Å². The lowest BCUT2D eigenvalue weighted by molar-refractivity contribution is 0.0747. The Labute approximate surface area is 199 Å². The average molecular weight is 454 g/mol. The Hall–Kier alpha value is -4.13. The molecule has 1 fully saturated rings. The van der Waals surface area contributed by atoms with Gasteiger partial charge in [-0.25, -0.2) is 4.98 Å². The lowest BCUT2D eigenvalue weighted by atomic mass is 10.1. The van der Waals surface area contributed by atoms with Crippen molar-refractivity contribution >= 4 is 11.7 Å². The van der Waals surface area contributed by atoms with Crippen LogP contribution in [-0.2, 0) is 6.54 Å². The van der Waals surface area contributed by atoms with Gasteiger partial charge in [-0.3, -0.25) is 9.48 Å². The van der Waals surface area contributed by atoms with Crippen molar-refractivity contribution in [2.24, 2.45) is 0 Å². The van der Waals surface area contributed by atoms with Gasteiger partial charge in [0, 0.05) is 44.1 Å². The molecule has 172 valence electrons. The highest BCUT2D eigenvalue weighted by Crippen LogP contribution is 2.26. The third-order valence-electron chi connectivity index (χ3n) is 6.08. The van der Waals surface area contributed by atoms with Crippen molar-refractivity contribution in [2.75, 3.05) is 38.2 Å². The summed E-state index contributed by atoms with van der Waals surface area (Å²) in [5.41, 5.74) is 3.33. The molecule has 2 aromatic heterocycles. The Kier molecular flexibility index (Phi) is 6.25. The minimum absolute atomic E-state index is 0.00537. The number of methoxy groups -OCH3 is 1. The molecule has 0 unspecified atom stereocenters. The van der Waals surface area contributed by atoms with Crippen molar-refractivity contribution < 1.29 is 9.53 Å². The molecule has 0 aliphatic carbocycles. The summed E-state index contributed by atoms with van der Waals surface area (Å²) >= 11 is 0. The number of amides is 1. The van der Waals surface area contributed by atoms with Gasteiger partial charge in [0.15, 0.2) is 0 Å². The fraction of sp³-hybridized carbons (Fsp3) is 0.222. The maximum atomic E-state index is 13.6. The first kappa shape index (κ1) is 21.7. The Bertz CT molecular complexity index is 1230. The van der Waals surface area contributed by atoms with Crippen LogP contribution in [0.25, 0.3) is 11.3 Å². The molecule has 3 heterocycles. The van der Waals surface area contributed by atoms with Crippen LogP contribution >= 0.6 is 0 Å². The molecule has 7 heteroatoms. The summed E-state index contributed by atoms with van der Waals surface area (Å²) in [5.74, 6) is 1.72. The van der Waals surface area contributed by atoms with Gasteiger partial charge in [-0.2, -0.15) is 5.10 Å². The summed E-state index contributed by atoms with van der Waals surface area (Å²) in [4.78, 5) is 22.2. The largest absolute Gasteiger partial charge is 0.497 e. The second-order valence-corrected chi connectivity index (χ2v) is 8.27. The van der Waals surface area contributed by atoms with Gasteiger partial charge in [-0.05, 0) is 42.0 Å². The highest BCUT2D eigenvalue weighted by Gasteiger charge is 2.27. The third-order valence-corrected chi connectivity index (χ3v) is 6.08. The topological polar surface area (TPSA) is 63.5 Å². The number of benzene rings is 2. The first-order valence-corrected chi connectivity index (χ1v) is 11.4. The van der Waals surface area contributed by atoms with Crippen molar-refractivity contribution in [3.05, 3.63) is 96.3 Å². The highest BCUT2D eigenvalue weighted by molar-refractivity contribution is 6.00. The van der Waals surface area contributed by atoms with E-state index in [0.29, 0.717) is 30.9 Å². The molecule has 1 amide bonds. The minimum Gasteiger partial charge on any atom is -0.497 e. The highest BCUT2D eigenvalue weighted by atomic mass is 16.5. The maximum absolute atomic E-state index is 13.6. The number of piperazine rings is 1. The van der Waals surface area contributed by atoms with Crippen LogP contribution in [-0.4, -0.2) is 58.9 Å². The van der Waals surface area contributed by atoms with Crippen LogP contribution in [0.15, 0.2) is 85.2 Å². The first-order chi connectivity index (χ1) is 16.7. The van der Waals surface area contributed by atoms with Crippen LogP contribution in [0.2, 0.25) is 0 Å². The van der Waals surface area contributed by atoms with Crippen LogP contribution in [0.3, 0.4) is 0 Å². The SMILES string of the molecule is COc1ccc(-c2nn(Cc3ccccc3)cc2C(=O)N2CCN(c3ccccn3)CC2)cc1. The molecule has 2 aromatic carbocycles. The molecule has 1 aliphatic heterocycles. The molecular weight excluding hydrogens is 426 g/mol. The average Bonchev–Trinajstić information content (AvgIpc) is 3.33. The van der Waals surface area contributed by atoms with Gasteiger partial charge in [0.25, 0.3) is 5.91 Å². The quantitative estimate of drug-likeness (QED) is 0.442. The Morgan fingerprint density at radius 2 is 1.65 bits per heavy atom. The van der Waals surface area contributed by atoms with Crippen molar-refractivity contribution in [3.8, 4) is 17.0 Å². The lowest BCUT2D eigenvalue weighted by Crippen LogP contribution is -2.49. The molecule has 5 rings (SSSR count). The van der Waals surface area contributed by atoms with Gasteiger partial charge < -0.3 is 14.5 Å². The molecule has 34 heavy (non-hydrogen) atoms. The standard InChI is InChI=1S/C27H27N5O2/c1-34-23-12-10-22(11-13-23)26-24(20-32(29-26)19-21-7-3-2-4-8-21)27(33)31-17-15-30(16-18-31)25-9-5-6-14-28-25/h2-14,20H,15-19H2,1H3. The van der Waals surface area contributed by atoms with Crippen LogP contribution in [0.1, 0.15) is 15.9 Å². The van der Waals surface area contributed by atoms with E-state index in [4.69, 9.17) is 9.84 Å². The van der Waals surface area contributed by atoms with E-state index in [1.54, 1.807) is 13.3 Å². The molecule has 0 saturated carbocycles. The summed E-state index contributed by atoms with van der Waals surface area (Å²) in [5, 5.41) is 4.82. The number of anilines is 1. The maximum Gasteiger partial charge on any atom is 0.257 e. The van der Waals surface area contributed by atoms with E-state index in [2.05, 4.69) is 22.0 Å². The second-order valence-electron chi connectivity index (χ2n) is 8.27. The number of pyridine rings is 1. The summed E-state index contributed by atoms with van der Waals surface area (Å²) in [6, 6.07) is 23.7. The summed E-state index contributed by atoms with van der Waals surface area (Å²) in [7, 11) is 1.64. The molecule has 0 atom stereocenters. The van der Waals surface area contributed by atoms with Crippen molar-refractivity contribution in [1.29, 1.82) is 0 Å². The molecule has 1 saturated heterocycles. The fourth-order valence-electron chi connectivity index (χ4n) is 4.24. The van der Waals surface area contributed by atoms with Crippen LogP contribution < -0.4 is 9.64 Å². The van der Waals surface area contributed by atoms with Crippen LogP contribution in [0, 0.1) is 0 Å². The van der Waals surface area contributed by atoms with E-state index in [1.807, 2.05) is 76.4 Å². The monoisotopic (exact) mass is 453 g/mol. The molecule has 7 nitrogen and oxygen atoms in total. The smallest absolute Gasteiger partial charge is 0.257 e. The fourth-order valence-corrected chi connectivity index (χ4v) is 4.24. The summed E-state index contributed by atoms with van der Waals surface area (Å²) in [6.45, 7) is 3.38. The lowest BCUT2D eigenvalue weighted by Gasteiger charge is -2.35. The van der Waals surface area contributed by atoms with E-state index in [9.17, 15) is 4.79 Å². The van der Waals surface area contributed by atoms with Crippen molar-refractivity contribution in [2.45, 2.75) is 6.54 Å². The molecular formula is C27H27N5O2. The zero-order valence-electron chi connectivity index (χ0n) is 19.2. The number of nitrogens with zero attached hydrogens (tertiary/aromatic N) is 5. The van der Waals surface area contributed by atoms with E-state index in [-0.39, 0.29) is 5.91 Å². The number of hydrogen-bond acceptors (Lipinski definition) is 5.